The summed E-state index contributed by atoms with van der Waals surface area (Å²) in [7, 11) is 0. The van der Waals surface area contributed by atoms with Crippen molar-refractivity contribution in [2.75, 3.05) is 44.7 Å². The molecule has 1 aromatic carbocycles. The molecule has 1 aromatic rings. The van der Waals surface area contributed by atoms with E-state index in [9.17, 15) is 0 Å². The molecular formula is C15H23ClN5OS2+. The van der Waals surface area contributed by atoms with E-state index in [1.165, 1.54) is 4.90 Å². The molecule has 0 atom stereocenters. The number of anilines is 1. The molecule has 0 spiro atoms. The summed E-state index contributed by atoms with van der Waals surface area (Å²) in [5, 5.41) is 7.81. The number of halogens is 1. The van der Waals surface area contributed by atoms with E-state index in [1.807, 2.05) is 25.1 Å². The maximum atomic E-state index is 6.09. The van der Waals surface area contributed by atoms with Crippen LogP contribution in [0.4, 0.5) is 5.69 Å². The number of hydrazine groups is 1. The topological polar surface area (TPSA) is 61.8 Å². The van der Waals surface area contributed by atoms with Gasteiger partial charge in [-0.3, -0.25) is 10.9 Å². The molecule has 1 saturated heterocycles. The molecule has 24 heavy (non-hydrogen) atoms. The van der Waals surface area contributed by atoms with Crippen LogP contribution < -0.4 is 26.4 Å². The zero-order chi connectivity index (χ0) is 17.4. The van der Waals surface area contributed by atoms with Crippen molar-refractivity contribution in [2.24, 2.45) is 0 Å². The molecule has 1 fully saturated rings. The predicted octanol–water partition coefficient (Wildman–Crippen LogP) is 0.229. The summed E-state index contributed by atoms with van der Waals surface area (Å²) in [6.45, 7) is 7.53. The fourth-order valence-electron chi connectivity index (χ4n) is 2.25. The minimum absolute atomic E-state index is 0.415. The van der Waals surface area contributed by atoms with Crippen LogP contribution in [0.2, 0.25) is 5.02 Å². The van der Waals surface area contributed by atoms with Gasteiger partial charge in [0.05, 0.1) is 26.3 Å². The fraction of sp³-hybridized carbons (Fsp3) is 0.467. The van der Waals surface area contributed by atoms with Crippen molar-refractivity contribution >= 4 is 51.9 Å². The number of hydrogen-bond donors (Lipinski definition) is 5. The van der Waals surface area contributed by atoms with E-state index in [4.69, 9.17) is 40.8 Å². The molecule has 6 nitrogen and oxygen atoms in total. The van der Waals surface area contributed by atoms with Crippen LogP contribution in [0.3, 0.4) is 0 Å². The van der Waals surface area contributed by atoms with Gasteiger partial charge in [0.15, 0.2) is 10.2 Å². The Balaban J connectivity index is 1.61. The predicted molar refractivity (Wildman–Crippen MR) is 106 cm³/mol. The quantitative estimate of drug-likeness (QED) is 0.374. The van der Waals surface area contributed by atoms with E-state index >= 15 is 0 Å². The van der Waals surface area contributed by atoms with Gasteiger partial charge < -0.3 is 20.3 Å². The van der Waals surface area contributed by atoms with E-state index in [0.717, 1.165) is 50.6 Å². The van der Waals surface area contributed by atoms with Crippen molar-refractivity contribution in [2.45, 2.75) is 6.92 Å². The van der Waals surface area contributed by atoms with Crippen molar-refractivity contribution in [3.8, 4) is 0 Å². The van der Waals surface area contributed by atoms with Gasteiger partial charge in [0.25, 0.3) is 0 Å². The van der Waals surface area contributed by atoms with E-state index in [2.05, 4.69) is 21.5 Å². The third-order valence-corrected chi connectivity index (χ3v) is 4.54. The van der Waals surface area contributed by atoms with Gasteiger partial charge in [-0.25, -0.2) is 0 Å². The molecule has 9 heteroatoms. The number of thiocarbonyl (C=S) groups is 2. The molecule has 0 aliphatic carbocycles. The Morgan fingerprint density at radius 3 is 2.62 bits per heavy atom. The molecular weight excluding hydrogens is 366 g/mol. The van der Waals surface area contributed by atoms with Crippen molar-refractivity contribution in [3.63, 3.8) is 0 Å². The highest BCUT2D eigenvalue weighted by Gasteiger charge is 2.12. The van der Waals surface area contributed by atoms with Crippen LogP contribution in [0.15, 0.2) is 18.2 Å². The largest absolute Gasteiger partial charge is 0.370 e. The minimum Gasteiger partial charge on any atom is -0.370 e. The molecule has 0 aromatic heterocycles. The Kier molecular flexibility index (Phi) is 7.93. The SMILES string of the molecule is Cc1ccc(NC(=S)NNC(=S)NCC[NH+]2CCOCC2)cc1Cl. The molecule has 0 unspecified atom stereocenters. The van der Waals surface area contributed by atoms with E-state index in [1.54, 1.807) is 0 Å². The lowest BCUT2D eigenvalue weighted by atomic mass is 10.2. The number of aryl methyl sites for hydroxylation is 1. The van der Waals surface area contributed by atoms with Crippen LogP contribution in [-0.4, -0.2) is 49.6 Å². The molecule has 2 rings (SSSR count). The third-order valence-electron chi connectivity index (χ3n) is 3.68. The monoisotopic (exact) mass is 388 g/mol. The number of quaternary nitrogens is 1. The molecule has 0 radical (unpaired) electrons. The Labute approximate surface area is 158 Å². The Morgan fingerprint density at radius 2 is 1.92 bits per heavy atom. The Hall–Kier alpha value is -1.19. The highest BCUT2D eigenvalue weighted by Crippen LogP contribution is 2.19. The lowest BCUT2D eigenvalue weighted by Gasteiger charge is -2.24. The average molecular weight is 389 g/mol. The Bertz CT molecular complexity index is 581. The lowest BCUT2D eigenvalue weighted by Crippen LogP contribution is -3.14. The second-order valence-electron chi connectivity index (χ2n) is 5.54. The maximum absolute atomic E-state index is 6.09. The minimum atomic E-state index is 0.415. The van der Waals surface area contributed by atoms with E-state index in [-0.39, 0.29) is 0 Å². The summed E-state index contributed by atoms with van der Waals surface area (Å²) in [6.07, 6.45) is 0. The molecule has 1 aliphatic rings. The van der Waals surface area contributed by atoms with Crippen molar-refractivity contribution < 1.29 is 9.64 Å². The van der Waals surface area contributed by atoms with Gasteiger partial charge in [0.1, 0.15) is 13.1 Å². The Morgan fingerprint density at radius 1 is 1.21 bits per heavy atom. The van der Waals surface area contributed by atoms with E-state index < -0.39 is 0 Å². The van der Waals surface area contributed by atoms with Gasteiger partial charge >= 0.3 is 0 Å². The molecule has 5 N–H and O–H groups in total. The highest BCUT2D eigenvalue weighted by atomic mass is 35.5. The van der Waals surface area contributed by atoms with Gasteiger partial charge in [0, 0.05) is 10.7 Å². The summed E-state index contributed by atoms with van der Waals surface area (Å²) in [4.78, 5) is 1.53. The first-order chi connectivity index (χ1) is 11.5. The van der Waals surface area contributed by atoms with Gasteiger partial charge in [-0.05, 0) is 49.1 Å². The molecule has 0 bridgehead atoms. The fourth-order valence-corrected chi connectivity index (χ4v) is 2.76. The summed E-state index contributed by atoms with van der Waals surface area (Å²) in [6, 6.07) is 5.67. The second-order valence-corrected chi connectivity index (χ2v) is 6.76. The smallest absolute Gasteiger partial charge is 0.189 e. The van der Waals surface area contributed by atoms with Crippen molar-refractivity contribution in [1.82, 2.24) is 16.2 Å². The molecule has 132 valence electrons. The number of nitrogens with one attached hydrogen (secondary N) is 5. The summed E-state index contributed by atoms with van der Waals surface area (Å²) >= 11 is 16.5. The second kappa shape index (κ2) is 9.95. The summed E-state index contributed by atoms with van der Waals surface area (Å²) < 4.78 is 5.34. The van der Waals surface area contributed by atoms with Gasteiger partial charge in [-0.2, -0.15) is 0 Å². The van der Waals surface area contributed by atoms with Gasteiger partial charge in [0.2, 0.25) is 0 Å². The summed E-state index contributed by atoms with van der Waals surface area (Å²) in [5.74, 6) is 0. The third kappa shape index (κ3) is 6.74. The zero-order valence-corrected chi connectivity index (χ0v) is 16.0. The van der Waals surface area contributed by atoms with Gasteiger partial charge in [-0.1, -0.05) is 17.7 Å². The first-order valence-electron chi connectivity index (χ1n) is 7.83. The number of benzene rings is 1. The standard InChI is InChI=1S/C15H22ClN5OS2/c1-11-2-3-12(10-13(11)16)18-15(24)20-19-14(23)17-4-5-21-6-8-22-9-7-21/h2-3,10H,4-9H2,1H3,(H2,17,19,23)(H2,18,20,24)/p+1. The van der Waals surface area contributed by atoms with Crippen LogP contribution in [0, 0.1) is 6.92 Å². The van der Waals surface area contributed by atoms with Crippen molar-refractivity contribution in [3.05, 3.63) is 28.8 Å². The first-order valence-corrected chi connectivity index (χ1v) is 9.02. The number of morpholine rings is 1. The van der Waals surface area contributed by atoms with Crippen LogP contribution in [0.25, 0.3) is 0 Å². The highest BCUT2D eigenvalue weighted by molar-refractivity contribution is 7.80. The maximum Gasteiger partial charge on any atom is 0.189 e. The number of hydrogen-bond acceptors (Lipinski definition) is 3. The molecule has 1 heterocycles. The summed E-state index contributed by atoms with van der Waals surface area (Å²) in [5.41, 5.74) is 7.56. The molecule has 1 aliphatic heterocycles. The average Bonchev–Trinajstić information content (AvgIpc) is 2.57. The molecule has 0 amide bonds. The zero-order valence-electron chi connectivity index (χ0n) is 13.6. The lowest BCUT2D eigenvalue weighted by molar-refractivity contribution is -0.906. The van der Waals surface area contributed by atoms with Crippen LogP contribution in [0.5, 0.6) is 0 Å². The van der Waals surface area contributed by atoms with Crippen LogP contribution in [0.1, 0.15) is 5.56 Å². The van der Waals surface area contributed by atoms with Crippen LogP contribution >= 0.6 is 36.0 Å². The molecule has 0 saturated carbocycles. The van der Waals surface area contributed by atoms with Crippen LogP contribution in [-0.2, 0) is 4.74 Å². The normalized spacial score (nSPS) is 14.8. The van der Waals surface area contributed by atoms with Crippen molar-refractivity contribution in [1.29, 1.82) is 0 Å². The number of rotatable bonds is 4. The van der Waals surface area contributed by atoms with E-state index in [0.29, 0.717) is 15.2 Å². The first kappa shape index (κ1) is 19.1. The number of ether oxygens (including phenoxy) is 1. The van der Waals surface area contributed by atoms with Gasteiger partial charge in [-0.15, -0.1) is 0 Å².